The first kappa shape index (κ1) is 29.0. The van der Waals surface area contributed by atoms with E-state index in [1.165, 1.54) is 0 Å². The summed E-state index contributed by atoms with van der Waals surface area (Å²) >= 11 is 0. The summed E-state index contributed by atoms with van der Waals surface area (Å²) in [5.74, 6) is -2.43. The van der Waals surface area contributed by atoms with E-state index in [1.807, 2.05) is 36.4 Å². The first-order valence-electron chi connectivity index (χ1n) is 13.7. The lowest BCUT2D eigenvalue weighted by atomic mass is 9.98. The van der Waals surface area contributed by atoms with Crippen LogP contribution in [0.15, 0.2) is 48.5 Å². The fourth-order valence-electron chi connectivity index (χ4n) is 4.96. The van der Waals surface area contributed by atoms with Gasteiger partial charge in [-0.2, -0.15) is 0 Å². The van der Waals surface area contributed by atoms with Crippen molar-refractivity contribution in [2.45, 2.75) is 83.7 Å². The molecular weight excluding hydrogens is 510 g/mol. The number of carbonyl (C=O) groups is 3. The van der Waals surface area contributed by atoms with E-state index < -0.39 is 43.8 Å². The van der Waals surface area contributed by atoms with Crippen molar-refractivity contribution in [3.8, 4) is 11.1 Å². The molecule has 2 aromatic rings. The molecule has 0 radical (unpaired) electrons. The molecule has 0 N–H and O–H groups in total. The smallest absolute Gasteiger partial charge is 0.416 e. The summed E-state index contributed by atoms with van der Waals surface area (Å²) in [7, 11) is -2.17. The highest BCUT2D eigenvalue weighted by atomic mass is 28.4. The van der Waals surface area contributed by atoms with Gasteiger partial charge in [0.2, 0.25) is 5.91 Å². The molecule has 1 heterocycles. The summed E-state index contributed by atoms with van der Waals surface area (Å²) in [6.07, 6.45) is -0.608. The largest absolute Gasteiger partial charge is 0.459 e. The molecule has 2 amide bonds. The van der Waals surface area contributed by atoms with Gasteiger partial charge >= 0.3 is 12.1 Å². The molecule has 1 aliphatic carbocycles. The zero-order valence-electron chi connectivity index (χ0n) is 24.4. The standard InChI is InChI=1S/C31H41NO6Si/c1-30(2,3)38-28(34)25-17-20(18-37-39(7,8)31(4,5)6)32(27(25)33)29(35)36-19-26-23-15-11-9-13-21(23)22-14-10-12-16-24(22)26/h9-16,20,25-26H,17-19H2,1-8H3/t20-,25?/m0/s1. The zero-order chi connectivity index (χ0) is 28.8. The van der Waals surface area contributed by atoms with E-state index in [0.29, 0.717) is 0 Å². The number of ether oxygens (including phenoxy) is 2. The van der Waals surface area contributed by atoms with Gasteiger partial charge in [0.1, 0.15) is 18.1 Å². The number of hydrogen-bond acceptors (Lipinski definition) is 6. The van der Waals surface area contributed by atoms with Crippen LogP contribution < -0.4 is 0 Å². The molecule has 1 unspecified atom stereocenters. The Hall–Kier alpha value is -2.97. The number of hydrogen-bond donors (Lipinski definition) is 0. The third-order valence-corrected chi connectivity index (χ3v) is 12.6. The quantitative estimate of drug-likeness (QED) is 0.231. The van der Waals surface area contributed by atoms with Gasteiger partial charge in [0.15, 0.2) is 8.32 Å². The average Bonchev–Trinajstić information content (AvgIpc) is 3.34. The number of fused-ring (bicyclic) bond motifs is 3. The van der Waals surface area contributed by atoms with Gasteiger partial charge in [-0.25, -0.2) is 9.69 Å². The number of likely N-dealkylation sites (tertiary alicyclic amines) is 1. The average molecular weight is 552 g/mol. The van der Waals surface area contributed by atoms with Gasteiger partial charge in [-0.05, 0) is 67.6 Å². The molecule has 1 saturated heterocycles. The Labute approximate surface area is 233 Å². The Morgan fingerprint density at radius 1 is 0.897 bits per heavy atom. The van der Waals surface area contributed by atoms with Crippen LogP contribution in [0.3, 0.4) is 0 Å². The molecule has 7 nitrogen and oxygen atoms in total. The predicted molar refractivity (Wildman–Crippen MR) is 153 cm³/mol. The number of carbonyl (C=O) groups excluding carboxylic acids is 3. The van der Waals surface area contributed by atoms with Crippen molar-refractivity contribution in [1.29, 1.82) is 0 Å². The second-order valence-electron chi connectivity index (χ2n) is 13.1. The van der Waals surface area contributed by atoms with Crippen LogP contribution in [-0.2, 0) is 23.5 Å². The SMILES string of the molecule is CC(C)(C)OC(=O)C1C[C@@H](CO[Si](C)(C)C(C)(C)C)N(C(=O)OCC2c3ccccc3-c3ccccc32)C1=O. The molecule has 2 aromatic carbocycles. The van der Waals surface area contributed by atoms with Crippen LogP contribution in [0.1, 0.15) is 65.0 Å². The van der Waals surface area contributed by atoms with Crippen LogP contribution in [-0.4, -0.2) is 56.0 Å². The number of rotatable bonds is 6. The highest BCUT2D eigenvalue weighted by molar-refractivity contribution is 6.74. The molecule has 0 saturated carbocycles. The Bertz CT molecular complexity index is 1210. The Morgan fingerprint density at radius 2 is 1.44 bits per heavy atom. The second kappa shape index (κ2) is 10.5. The number of imide groups is 1. The summed E-state index contributed by atoms with van der Waals surface area (Å²) in [5, 5.41) is -0.0469. The number of amides is 2. The van der Waals surface area contributed by atoms with E-state index in [-0.39, 0.29) is 30.6 Å². The summed E-state index contributed by atoms with van der Waals surface area (Å²) in [6, 6.07) is 15.6. The lowest BCUT2D eigenvalue weighted by Crippen LogP contribution is -2.47. The first-order valence-corrected chi connectivity index (χ1v) is 16.6. The van der Waals surface area contributed by atoms with Gasteiger partial charge in [-0.15, -0.1) is 0 Å². The zero-order valence-corrected chi connectivity index (χ0v) is 25.4. The molecule has 0 bridgehead atoms. The van der Waals surface area contributed by atoms with Crippen LogP contribution in [0.25, 0.3) is 11.1 Å². The lowest BCUT2D eigenvalue weighted by Gasteiger charge is -2.37. The van der Waals surface area contributed by atoms with Gasteiger partial charge in [0, 0.05) is 5.92 Å². The summed E-state index contributed by atoms with van der Waals surface area (Å²) in [6.45, 7) is 16.1. The van der Waals surface area contributed by atoms with E-state index in [2.05, 4.69) is 46.0 Å². The van der Waals surface area contributed by atoms with Gasteiger partial charge in [-0.1, -0.05) is 69.3 Å². The van der Waals surface area contributed by atoms with Crippen LogP contribution in [0.4, 0.5) is 4.79 Å². The fourth-order valence-corrected chi connectivity index (χ4v) is 6.00. The normalized spacial score (nSPS) is 19.6. The molecule has 39 heavy (non-hydrogen) atoms. The third kappa shape index (κ3) is 5.97. The van der Waals surface area contributed by atoms with Crippen molar-refractivity contribution in [3.63, 3.8) is 0 Å². The minimum Gasteiger partial charge on any atom is -0.459 e. The minimum atomic E-state index is -2.17. The molecule has 4 rings (SSSR count). The molecule has 2 aliphatic rings. The number of benzene rings is 2. The van der Waals surface area contributed by atoms with Gasteiger partial charge < -0.3 is 13.9 Å². The van der Waals surface area contributed by atoms with Gasteiger partial charge in [0.05, 0.1) is 12.6 Å². The molecule has 210 valence electrons. The summed E-state index contributed by atoms with van der Waals surface area (Å²) in [4.78, 5) is 41.0. The van der Waals surface area contributed by atoms with E-state index in [1.54, 1.807) is 20.8 Å². The molecule has 0 spiro atoms. The molecular formula is C31H41NO6Si. The van der Waals surface area contributed by atoms with Crippen LogP contribution in [0.5, 0.6) is 0 Å². The molecule has 8 heteroatoms. The van der Waals surface area contributed by atoms with Crippen LogP contribution in [0.2, 0.25) is 18.1 Å². The fraction of sp³-hybridized carbons (Fsp3) is 0.516. The maximum Gasteiger partial charge on any atom is 0.416 e. The van der Waals surface area contributed by atoms with Crippen molar-refractivity contribution in [3.05, 3.63) is 59.7 Å². The first-order chi connectivity index (χ1) is 18.1. The van der Waals surface area contributed by atoms with Crippen molar-refractivity contribution < 1.29 is 28.3 Å². The summed E-state index contributed by atoms with van der Waals surface area (Å²) < 4.78 is 17.7. The van der Waals surface area contributed by atoms with Crippen molar-refractivity contribution in [2.75, 3.05) is 13.2 Å². The minimum absolute atomic E-state index is 0.0469. The van der Waals surface area contributed by atoms with E-state index in [0.717, 1.165) is 27.2 Å². The van der Waals surface area contributed by atoms with Crippen molar-refractivity contribution in [2.24, 2.45) is 5.92 Å². The second-order valence-corrected chi connectivity index (χ2v) is 17.9. The monoisotopic (exact) mass is 551 g/mol. The van der Waals surface area contributed by atoms with E-state index >= 15 is 0 Å². The van der Waals surface area contributed by atoms with Crippen LogP contribution >= 0.6 is 0 Å². The lowest BCUT2D eigenvalue weighted by molar-refractivity contribution is -0.162. The Kier molecular flexibility index (Phi) is 7.84. The topological polar surface area (TPSA) is 82.1 Å². The predicted octanol–water partition coefficient (Wildman–Crippen LogP) is 6.52. The van der Waals surface area contributed by atoms with Crippen molar-refractivity contribution in [1.82, 2.24) is 4.90 Å². The Balaban J connectivity index is 1.54. The Morgan fingerprint density at radius 3 is 1.95 bits per heavy atom. The van der Waals surface area contributed by atoms with Crippen molar-refractivity contribution >= 4 is 26.3 Å². The molecule has 1 fully saturated rings. The highest BCUT2D eigenvalue weighted by Gasteiger charge is 2.50. The van der Waals surface area contributed by atoms with E-state index in [4.69, 9.17) is 13.9 Å². The summed E-state index contributed by atoms with van der Waals surface area (Å²) in [5.41, 5.74) is 3.67. The van der Waals surface area contributed by atoms with Gasteiger partial charge in [0.25, 0.3) is 0 Å². The van der Waals surface area contributed by atoms with Crippen LogP contribution in [0, 0.1) is 5.92 Å². The number of esters is 1. The molecule has 2 atom stereocenters. The molecule has 0 aromatic heterocycles. The third-order valence-electron chi connectivity index (χ3n) is 8.08. The maximum absolute atomic E-state index is 13.5. The maximum atomic E-state index is 13.5. The number of nitrogens with zero attached hydrogens (tertiary/aromatic N) is 1. The highest BCUT2D eigenvalue weighted by Crippen LogP contribution is 2.45. The molecule has 1 aliphatic heterocycles. The van der Waals surface area contributed by atoms with Gasteiger partial charge in [-0.3, -0.25) is 9.59 Å². The van der Waals surface area contributed by atoms with E-state index in [9.17, 15) is 14.4 Å².